The number of hydrogen-bond donors (Lipinski definition) is 0. The topological polar surface area (TPSA) is 17.1 Å². The molecule has 56 valence electrons. The van der Waals surface area contributed by atoms with Gasteiger partial charge in [-0.1, -0.05) is 26.5 Å². The fraction of sp³-hybridized carbons (Fsp3) is 0.444. The van der Waals surface area contributed by atoms with Gasteiger partial charge in [0.05, 0.1) is 0 Å². The summed E-state index contributed by atoms with van der Waals surface area (Å²) in [4.78, 5) is 11.0. The van der Waals surface area contributed by atoms with E-state index < -0.39 is 0 Å². The second-order valence-electron chi connectivity index (χ2n) is 2.65. The van der Waals surface area contributed by atoms with Gasteiger partial charge in [0.25, 0.3) is 0 Å². The average Bonchev–Trinajstić information content (AvgIpc) is 1.87. The predicted octanol–water partition coefficient (Wildman–Crippen LogP) is 2.34. The van der Waals surface area contributed by atoms with E-state index in [2.05, 4.69) is 6.58 Å². The zero-order valence-corrected chi connectivity index (χ0v) is 6.85. The summed E-state index contributed by atoms with van der Waals surface area (Å²) in [5.74, 6) is 0.257. The molecule has 0 aromatic rings. The minimum absolute atomic E-state index is 0.0925. The standard InChI is InChI=1S/C9H14O/c1-5-8(4)6-9(10)7(2)3/h5-7H,1H2,2-4H3/b8-6-. The summed E-state index contributed by atoms with van der Waals surface area (Å²) in [6.45, 7) is 9.19. The van der Waals surface area contributed by atoms with Crippen molar-refractivity contribution in [1.82, 2.24) is 0 Å². The van der Waals surface area contributed by atoms with Crippen molar-refractivity contribution in [2.75, 3.05) is 0 Å². The quantitative estimate of drug-likeness (QED) is 0.432. The van der Waals surface area contributed by atoms with Crippen molar-refractivity contribution in [3.8, 4) is 0 Å². The van der Waals surface area contributed by atoms with Crippen LogP contribution in [0.3, 0.4) is 0 Å². The molecule has 0 atom stereocenters. The molecule has 0 heterocycles. The number of hydrogen-bond acceptors (Lipinski definition) is 1. The molecule has 0 aliphatic rings. The van der Waals surface area contributed by atoms with Crippen molar-refractivity contribution < 1.29 is 4.79 Å². The first-order valence-electron chi connectivity index (χ1n) is 3.42. The zero-order chi connectivity index (χ0) is 8.15. The number of carbonyl (C=O) groups is 1. The van der Waals surface area contributed by atoms with Crippen molar-refractivity contribution in [2.45, 2.75) is 20.8 Å². The van der Waals surface area contributed by atoms with Crippen LogP contribution in [0.25, 0.3) is 0 Å². The van der Waals surface area contributed by atoms with Gasteiger partial charge in [-0.15, -0.1) is 0 Å². The molecule has 1 heteroatoms. The van der Waals surface area contributed by atoms with Gasteiger partial charge in [0, 0.05) is 5.92 Å². The van der Waals surface area contributed by atoms with Crippen LogP contribution in [0.2, 0.25) is 0 Å². The Kier molecular flexibility index (Phi) is 3.70. The summed E-state index contributed by atoms with van der Waals surface area (Å²) in [6, 6.07) is 0. The lowest BCUT2D eigenvalue weighted by molar-refractivity contribution is -0.117. The van der Waals surface area contributed by atoms with Crippen LogP contribution in [-0.4, -0.2) is 5.78 Å². The maximum atomic E-state index is 11.0. The number of ketones is 1. The largest absolute Gasteiger partial charge is 0.295 e. The number of allylic oxidation sites excluding steroid dienone is 3. The van der Waals surface area contributed by atoms with Gasteiger partial charge >= 0.3 is 0 Å². The Morgan fingerprint density at radius 3 is 2.30 bits per heavy atom. The molecule has 0 aliphatic heterocycles. The summed E-state index contributed by atoms with van der Waals surface area (Å²) < 4.78 is 0. The molecule has 0 aliphatic carbocycles. The predicted molar refractivity (Wildman–Crippen MR) is 43.8 cm³/mol. The highest BCUT2D eigenvalue weighted by atomic mass is 16.1. The maximum Gasteiger partial charge on any atom is 0.158 e. The Hall–Kier alpha value is -0.850. The van der Waals surface area contributed by atoms with Crippen LogP contribution in [-0.2, 0) is 4.79 Å². The molecule has 0 aromatic heterocycles. The second kappa shape index (κ2) is 4.04. The number of carbonyl (C=O) groups excluding carboxylic acids is 1. The van der Waals surface area contributed by atoms with Crippen molar-refractivity contribution in [3.05, 3.63) is 24.3 Å². The summed E-state index contributed by atoms with van der Waals surface area (Å²) in [6.07, 6.45) is 3.30. The van der Waals surface area contributed by atoms with Gasteiger partial charge < -0.3 is 0 Å². The first-order chi connectivity index (χ1) is 4.57. The number of rotatable bonds is 3. The van der Waals surface area contributed by atoms with Crippen molar-refractivity contribution >= 4 is 5.78 Å². The van der Waals surface area contributed by atoms with E-state index in [-0.39, 0.29) is 11.7 Å². The Morgan fingerprint density at radius 2 is 2.00 bits per heavy atom. The molecular formula is C9H14O. The van der Waals surface area contributed by atoms with Crippen LogP contribution in [0.15, 0.2) is 24.3 Å². The zero-order valence-electron chi connectivity index (χ0n) is 6.85. The van der Waals surface area contributed by atoms with Crippen LogP contribution in [0.4, 0.5) is 0 Å². The lowest BCUT2D eigenvalue weighted by Gasteiger charge is -1.97. The lowest BCUT2D eigenvalue weighted by Crippen LogP contribution is -2.02. The first-order valence-corrected chi connectivity index (χ1v) is 3.42. The molecule has 0 amide bonds. The third-order valence-corrected chi connectivity index (χ3v) is 1.26. The Labute approximate surface area is 62.4 Å². The molecule has 0 aromatic carbocycles. The maximum absolute atomic E-state index is 11.0. The smallest absolute Gasteiger partial charge is 0.158 e. The van der Waals surface area contributed by atoms with Gasteiger partial charge in [-0.05, 0) is 18.6 Å². The molecule has 0 saturated heterocycles. The van der Waals surface area contributed by atoms with Gasteiger partial charge in [0.15, 0.2) is 5.78 Å². The molecule has 0 fully saturated rings. The van der Waals surface area contributed by atoms with E-state index in [1.165, 1.54) is 0 Å². The SMILES string of the molecule is C=C/C(C)=C\C(=O)C(C)C. The normalized spacial score (nSPS) is 11.8. The summed E-state index contributed by atoms with van der Waals surface area (Å²) in [5.41, 5.74) is 0.929. The van der Waals surface area contributed by atoms with E-state index in [0.29, 0.717) is 0 Å². The highest BCUT2D eigenvalue weighted by molar-refractivity contribution is 5.92. The van der Waals surface area contributed by atoms with Gasteiger partial charge in [-0.2, -0.15) is 0 Å². The van der Waals surface area contributed by atoms with Crippen molar-refractivity contribution in [3.63, 3.8) is 0 Å². The Balaban J connectivity index is 4.13. The fourth-order valence-corrected chi connectivity index (χ4v) is 0.450. The van der Waals surface area contributed by atoms with Crippen LogP contribution in [0.5, 0.6) is 0 Å². The summed E-state index contributed by atoms with van der Waals surface area (Å²) >= 11 is 0. The highest BCUT2D eigenvalue weighted by Gasteiger charge is 2.01. The minimum atomic E-state index is 0.0925. The third-order valence-electron chi connectivity index (χ3n) is 1.26. The van der Waals surface area contributed by atoms with Crippen LogP contribution >= 0.6 is 0 Å². The van der Waals surface area contributed by atoms with Gasteiger partial charge in [-0.3, -0.25) is 4.79 Å². The summed E-state index contributed by atoms with van der Waals surface area (Å²) in [5, 5.41) is 0. The average molecular weight is 138 g/mol. The van der Waals surface area contributed by atoms with Gasteiger partial charge in [-0.25, -0.2) is 0 Å². The van der Waals surface area contributed by atoms with Crippen LogP contribution < -0.4 is 0 Å². The van der Waals surface area contributed by atoms with Crippen molar-refractivity contribution in [1.29, 1.82) is 0 Å². The molecular weight excluding hydrogens is 124 g/mol. The van der Waals surface area contributed by atoms with Crippen LogP contribution in [0.1, 0.15) is 20.8 Å². The molecule has 0 unspecified atom stereocenters. The molecule has 0 saturated carbocycles. The van der Waals surface area contributed by atoms with E-state index in [1.54, 1.807) is 12.2 Å². The van der Waals surface area contributed by atoms with Gasteiger partial charge in [0.2, 0.25) is 0 Å². The monoisotopic (exact) mass is 138 g/mol. The minimum Gasteiger partial charge on any atom is -0.295 e. The molecule has 10 heavy (non-hydrogen) atoms. The molecule has 0 spiro atoms. The van der Waals surface area contributed by atoms with E-state index >= 15 is 0 Å². The molecule has 0 rings (SSSR count). The van der Waals surface area contributed by atoms with E-state index in [9.17, 15) is 4.79 Å². The van der Waals surface area contributed by atoms with E-state index in [1.807, 2.05) is 20.8 Å². The van der Waals surface area contributed by atoms with Crippen LogP contribution in [0, 0.1) is 5.92 Å². The first kappa shape index (κ1) is 9.15. The Bertz CT molecular complexity index is 164. The van der Waals surface area contributed by atoms with E-state index in [0.717, 1.165) is 5.57 Å². The molecule has 0 N–H and O–H groups in total. The summed E-state index contributed by atoms with van der Waals surface area (Å²) in [7, 11) is 0. The van der Waals surface area contributed by atoms with E-state index in [4.69, 9.17) is 0 Å². The Morgan fingerprint density at radius 1 is 1.50 bits per heavy atom. The lowest BCUT2D eigenvalue weighted by atomic mass is 10.1. The molecule has 0 bridgehead atoms. The fourth-order valence-electron chi connectivity index (χ4n) is 0.450. The van der Waals surface area contributed by atoms with Crippen molar-refractivity contribution in [2.24, 2.45) is 5.92 Å². The second-order valence-corrected chi connectivity index (χ2v) is 2.65. The highest BCUT2D eigenvalue weighted by Crippen LogP contribution is 2.00. The third kappa shape index (κ3) is 3.23. The molecule has 1 nitrogen and oxygen atoms in total. The molecule has 0 radical (unpaired) electrons. The van der Waals surface area contributed by atoms with Gasteiger partial charge in [0.1, 0.15) is 0 Å².